The van der Waals surface area contributed by atoms with E-state index in [1.165, 1.54) is 86.5 Å². The van der Waals surface area contributed by atoms with Gasteiger partial charge in [-0.2, -0.15) is 0 Å². The second-order valence-corrected chi connectivity index (χ2v) is 10.7. The lowest BCUT2D eigenvalue weighted by molar-refractivity contribution is 0.240. The molecule has 0 N–H and O–H groups in total. The summed E-state index contributed by atoms with van der Waals surface area (Å²) in [6.45, 7) is 22.5. The molecule has 2 aromatic rings. The van der Waals surface area contributed by atoms with Crippen molar-refractivity contribution in [2.45, 2.75) is 139 Å². The maximum absolute atomic E-state index is 2.30. The van der Waals surface area contributed by atoms with Crippen LogP contribution in [-0.4, -0.2) is 0 Å². The summed E-state index contributed by atoms with van der Waals surface area (Å²) in [5, 5.41) is 0. The zero-order valence-electron chi connectivity index (χ0n) is 24.7. The first-order valence-corrected chi connectivity index (χ1v) is 14.3. The fourth-order valence-corrected chi connectivity index (χ4v) is 4.46. The first-order chi connectivity index (χ1) is 16.2. The van der Waals surface area contributed by atoms with Gasteiger partial charge in [-0.25, -0.2) is 0 Å². The maximum atomic E-state index is 2.30. The summed E-state index contributed by atoms with van der Waals surface area (Å²) in [7, 11) is 0. The minimum Gasteiger partial charge on any atom is -0.0654 e. The molecule has 0 aliphatic carbocycles. The first-order valence-electron chi connectivity index (χ1n) is 14.3. The van der Waals surface area contributed by atoms with E-state index >= 15 is 0 Å². The summed E-state index contributed by atoms with van der Waals surface area (Å²) in [4.78, 5) is 0. The lowest BCUT2D eigenvalue weighted by Crippen LogP contribution is -2.18. The van der Waals surface area contributed by atoms with E-state index in [0.29, 0.717) is 5.41 Å². The van der Waals surface area contributed by atoms with E-state index in [1.807, 2.05) is 0 Å². The van der Waals surface area contributed by atoms with Gasteiger partial charge in [-0.05, 0) is 30.4 Å². The average molecular weight is 467 g/mol. The van der Waals surface area contributed by atoms with Gasteiger partial charge in [0.1, 0.15) is 0 Å². The SMILES string of the molecule is CCC(CC)(CC)CC.CCCCCCCC.Cc1ccc(C(C)(C)c2ccc(C)cc2)cc1. The Bertz CT molecular complexity index is 643. The summed E-state index contributed by atoms with van der Waals surface area (Å²) in [5.74, 6) is 0. The van der Waals surface area contributed by atoms with Crippen LogP contribution in [0.15, 0.2) is 48.5 Å². The molecule has 0 fully saturated rings. The van der Waals surface area contributed by atoms with Crippen LogP contribution in [0.1, 0.15) is 142 Å². The molecular weight excluding hydrogens is 408 g/mol. The van der Waals surface area contributed by atoms with Crippen LogP contribution in [0.3, 0.4) is 0 Å². The maximum Gasteiger partial charge on any atom is 0.0146 e. The third-order valence-corrected chi connectivity index (χ3v) is 8.00. The van der Waals surface area contributed by atoms with Crippen molar-refractivity contribution in [2.75, 3.05) is 0 Å². The number of unbranched alkanes of at least 4 members (excludes halogenated alkanes) is 5. The summed E-state index contributed by atoms with van der Waals surface area (Å²) in [5.41, 5.74) is 6.10. The van der Waals surface area contributed by atoms with Crippen molar-refractivity contribution in [3.05, 3.63) is 70.8 Å². The minimum atomic E-state index is 0.0708. The zero-order chi connectivity index (χ0) is 26.0. The summed E-state index contributed by atoms with van der Waals surface area (Å²) in [6.07, 6.45) is 13.9. The molecule has 0 aliphatic rings. The minimum absolute atomic E-state index is 0.0708. The van der Waals surface area contributed by atoms with Crippen molar-refractivity contribution in [1.29, 1.82) is 0 Å². The van der Waals surface area contributed by atoms with Crippen molar-refractivity contribution < 1.29 is 0 Å². The van der Waals surface area contributed by atoms with E-state index in [9.17, 15) is 0 Å². The van der Waals surface area contributed by atoms with E-state index in [4.69, 9.17) is 0 Å². The summed E-state index contributed by atoms with van der Waals surface area (Å²) >= 11 is 0. The Labute approximate surface area is 215 Å². The largest absolute Gasteiger partial charge is 0.0654 e. The van der Waals surface area contributed by atoms with Crippen molar-refractivity contribution in [1.82, 2.24) is 0 Å². The summed E-state index contributed by atoms with van der Waals surface area (Å²) < 4.78 is 0. The molecule has 2 aromatic carbocycles. The number of rotatable bonds is 11. The van der Waals surface area contributed by atoms with Gasteiger partial charge < -0.3 is 0 Å². The fraction of sp³-hybridized carbons (Fsp3) is 0.647. The molecule has 194 valence electrons. The molecule has 34 heavy (non-hydrogen) atoms. The second-order valence-electron chi connectivity index (χ2n) is 10.7. The number of aryl methyl sites for hydroxylation is 2. The highest BCUT2D eigenvalue weighted by Crippen LogP contribution is 2.33. The molecule has 0 saturated carbocycles. The molecule has 0 radical (unpaired) electrons. The molecular formula is C34H58. The number of benzene rings is 2. The van der Waals surface area contributed by atoms with Crippen molar-refractivity contribution in [2.24, 2.45) is 5.41 Å². The highest BCUT2D eigenvalue weighted by molar-refractivity contribution is 5.39. The van der Waals surface area contributed by atoms with E-state index in [2.05, 4.69) is 118 Å². The van der Waals surface area contributed by atoms with Gasteiger partial charge in [0.05, 0.1) is 0 Å². The highest BCUT2D eigenvalue weighted by Gasteiger charge is 2.22. The Morgan fingerprint density at radius 1 is 0.471 bits per heavy atom. The molecule has 0 heteroatoms. The molecule has 0 saturated heterocycles. The van der Waals surface area contributed by atoms with Crippen molar-refractivity contribution in [3.8, 4) is 0 Å². The Morgan fingerprint density at radius 2 is 0.765 bits per heavy atom. The van der Waals surface area contributed by atoms with E-state index in [0.717, 1.165) is 0 Å². The first kappa shape index (κ1) is 32.4. The standard InChI is InChI=1S/C17H20.C9H20.C8H18/c1-13-5-9-15(10-6-13)17(3,4)16-11-7-14(2)8-12-16;1-5-9(6-2,7-3)8-4;1-3-5-7-8-6-4-2/h5-12H,1-4H3;5-8H2,1-4H3;3-8H2,1-2H3. The van der Waals surface area contributed by atoms with Crippen molar-refractivity contribution in [3.63, 3.8) is 0 Å². The van der Waals surface area contributed by atoms with Crippen LogP contribution in [-0.2, 0) is 5.41 Å². The van der Waals surface area contributed by atoms with E-state index < -0.39 is 0 Å². The van der Waals surface area contributed by atoms with Crippen LogP contribution in [0.2, 0.25) is 0 Å². The van der Waals surface area contributed by atoms with Crippen LogP contribution in [0.5, 0.6) is 0 Å². The molecule has 0 aliphatic heterocycles. The normalized spacial score (nSPS) is 11.2. The molecule has 0 spiro atoms. The van der Waals surface area contributed by atoms with Crippen LogP contribution >= 0.6 is 0 Å². The van der Waals surface area contributed by atoms with Gasteiger partial charge in [0.25, 0.3) is 0 Å². The van der Waals surface area contributed by atoms with Gasteiger partial charge in [-0.3, -0.25) is 0 Å². The molecule has 2 rings (SSSR count). The Morgan fingerprint density at radius 3 is 0.971 bits per heavy atom. The third-order valence-electron chi connectivity index (χ3n) is 8.00. The van der Waals surface area contributed by atoms with Gasteiger partial charge in [0.2, 0.25) is 0 Å². The van der Waals surface area contributed by atoms with Gasteiger partial charge in [-0.15, -0.1) is 0 Å². The highest BCUT2D eigenvalue weighted by atomic mass is 14.3. The number of hydrogen-bond donors (Lipinski definition) is 0. The Hall–Kier alpha value is -1.56. The predicted molar refractivity (Wildman–Crippen MR) is 157 cm³/mol. The molecule has 0 unspecified atom stereocenters. The van der Waals surface area contributed by atoms with Crippen LogP contribution in [0.4, 0.5) is 0 Å². The zero-order valence-corrected chi connectivity index (χ0v) is 24.7. The summed E-state index contributed by atoms with van der Waals surface area (Å²) in [6, 6.07) is 17.7. The monoisotopic (exact) mass is 466 g/mol. The molecule has 0 heterocycles. The van der Waals surface area contributed by atoms with E-state index in [1.54, 1.807) is 0 Å². The molecule has 0 nitrogen and oxygen atoms in total. The molecule has 0 amide bonds. The third kappa shape index (κ3) is 11.7. The topological polar surface area (TPSA) is 0 Å². The van der Waals surface area contributed by atoms with E-state index in [-0.39, 0.29) is 5.41 Å². The lowest BCUT2D eigenvalue weighted by atomic mass is 9.78. The number of hydrogen-bond acceptors (Lipinski definition) is 0. The quantitative estimate of drug-likeness (QED) is 0.289. The molecule has 0 bridgehead atoms. The smallest absolute Gasteiger partial charge is 0.0146 e. The van der Waals surface area contributed by atoms with Crippen molar-refractivity contribution >= 4 is 0 Å². The van der Waals surface area contributed by atoms with Crippen LogP contribution in [0.25, 0.3) is 0 Å². The lowest BCUT2D eigenvalue weighted by Gasteiger charge is -2.28. The Balaban J connectivity index is 0.000000544. The second kappa shape index (κ2) is 17.8. The average Bonchev–Trinajstić information content (AvgIpc) is 2.85. The fourth-order valence-electron chi connectivity index (χ4n) is 4.46. The van der Waals surface area contributed by atoms with Gasteiger partial charge in [0, 0.05) is 5.41 Å². The van der Waals surface area contributed by atoms with Crippen LogP contribution < -0.4 is 0 Å². The predicted octanol–water partition coefficient (Wildman–Crippen LogP) is 11.6. The van der Waals surface area contributed by atoms with Gasteiger partial charge in [0.15, 0.2) is 0 Å². The van der Waals surface area contributed by atoms with Gasteiger partial charge in [-0.1, -0.05) is 179 Å². The van der Waals surface area contributed by atoms with Gasteiger partial charge >= 0.3 is 0 Å². The molecule has 0 atom stereocenters. The van der Waals surface area contributed by atoms with Crippen LogP contribution in [0, 0.1) is 19.3 Å². The molecule has 0 aromatic heterocycles. The Kier molecular flexibility index (Phi) is 17.0.